The molecule has 0 aliphatic heterocycles. The van der Waals surface area contributed by atoms with Crippen LogP contribution in [0, 0.1) is 6.92 Å². The van der Waals surface area contributed by atoms with Crippen LogP contribution in [0.5, 0.6) is 0 Å². The second-order valence-electron chi connectivity index (χ2n) is 5.90. The van der Waals surface area contributed by atoms with E-state index >= 15 is 0 Å². The fraction of sp³-hybridized carbons (Fsp3) is 0.0952. The summed E-state index contributed by atoms with van der Waals surface area (Å²) in [7, 11) is 0. The predicted molar refractivity (Wildman–Crippen MR) is 102 cm³/mol. The van der Waals surface area contributed by atoms with Gasteiger partial charge in [0.05, 0.1) is 12.8 Å². The zero-order valence-electron chi connectivity index (χ0n) is 14.4. The van der Waals surface area contributed by atoms with Crippen LogP contribution in [0.15, 0.2) is 82.8 Å². The Morgan fingerprint density at radius 3 is 2.54 bits per heavy atom. The van der Waals surface area contributed by atoms with E-state index in [1.165, 1.54) is 10.6 Å². The molecule has 1 aromatic heterocycles. The Hall–Kier alpha value is -3.47. The van der Waals surface area contributed by atoms with Gasteiger partial charge in [-0.2, -0.15) is 5.10 Å². The molecule has 0 fully saturated rings. The SMILES string of the molecule is Cc1ccccc1/C=N\NC(=O)c1cccn(Cc2ccccc2)c1=O. The number of hydrazone groups is 1. The molecule has 2 aromatic carbocycles. The highest BCUT2D eigenvalue weighted by molar-refractivity contribution is 5.94. The molecule has 3 aromatic rings. The van der Waals surface area contributed by atoms with E-state index in [2.05, 4.69) is 10.5 Å². The zero-order valence-corrected chi connectivity index (χ0v) is 14.4. The van der Waals surface area contributed by atoms with E-state index in [0.29, 0.717) is 6.54 Å². The zero-order chi connectivity index (χ0) is 18.4. The maximum Gasteiger partial charge on any atom is 0.276 e. The van der Waals surface area contributed by atoms with Crippen molar-refractivity contribution >= 4 is 12.1 Å². The molecular formula is C21H19N3O2. The Morgan fingerprint density at radius 1 is 1.04 bits per heavy atom. The lowest BCUT2D eigenvalue weighted by Gasteiger charge is -2.07. The van der Waals surface area contributed by atoms with Crippen molar-refractivity contribution in [3.63, 3.8) is 0 Å². The number of carbonyl (C=O) groups excluding carboxylic acids is 1. The lowest BCUT2D eigenvalue weighted by Crippen LogP contribution is -2.30. The smallest absolute Gasteiger partial charge is 0.276 e. The van der Waals surface area contributed by atoms with Crippen LogP contribution in [0.3, 0.4) is 0 Å². The van der Waals surface area contributed by atoms with Crippen molar-refractivity contribution in [1.29, 1.82) is 0 Å². The molecule has 0 saturated heterocycles. The Bertz CT molecular complexity index is 991. The first-order valence-corrected chi connectivity index (χ1v) is 8.27. The van der Waals surface area contributed by atoms with E-state index in [9.17, 15) is 9.59 Å². The van der Waals surface area contributed by atoms with E-state index in [4.69, 9.17) is 0 Å². The van der Waals surface area contributed by atoms with Crippen molar-refractivity contribution in [1.82, 2.24) is 9.99 Å². The van der Waals surface area contributed by atoms with Crippen LogP contribution in [0.2, 0.25) is 0 Å². The van der Waals surface area contributed by atoms with Gasteiger partial charge in [-0.05, 0) is 35.7 Å². The average molecular weight is 345 g/mol. The van der Waals surface area contributed by atoms with Gasteiger partial charge >= 0.3 is 0 Å². The van der Waals surface area contributed by atoms with E-state index in [-0.39, 0.29) is 11.1 Å². The molecule has 0 unspecified atom stereocenters. The van der Waals surface area contributed by atoms with Crippen molar-refractivity contribution in [3.8, 4) is 0 Å². The van der Waals surface area contributed by atoms with Crippen molar-refractivity contribution in [2.24, 2.45) is 5.10 Å². The minimum Gasteiger partial charge on any atom is -0.310 e. The van der Waals surface area contributed by atoms with Crippen LogP contribution >= 0.6 is 0 Å². The Morgan fingerprint density at radius 2 is 1.77 bits per heavy atom. The quantitative estimate of drug-likeness (QED) is 0.571. The summed E-state index contributed by atoms with van der Waals surface area (Å²) in [6.45, 7) is 2.37. The van der Waals surface area contributed by atoms with Crippen molar-refractivity contribution in [2.75, 3.05) is 0 Å². The number of rotatable bonds is 5. The summed E-state index contributed by atoms with van der Waals surface area (Å²) in [5.41, 5.74) is 5.08. The van der Waals surface area contributed by atoms with E-state index < -0.39 is 5.91 Å². The topological polar surface area (TPSA) is 63.5 Å². The average Bonchev–Trinajstić information content (AvgIpc) is 2.66. The van der Waals surface area contributed by atoms with E-state index in [1.807, 2.05) is 61.5 Å². The molecule has 0 aliphatic rings. The van der Waals surface area contributed by atoms with Gasteiger partial charge in [0, 0.05) is 6.20 Å². The summed E-state index contributed by atoms with van der Waals surface area (Å²) in [5, 5.41) is 3.96. The summed E-state index contributed by atoms with van der Waals surface area (Å²) in [4.78, 5) is 24.9. The summed E-state index contributed by atoms with van der Waals surface area (Å²) in [6, 6.07) is 20.5. The van der Waals surface area contributed by atoms with Crippen LogP contribution in [0.1, 0.15) is 27.0 Å². The lowest BCUT2D eigenvalue weighted by atomic mass is 10.1. The normalized spacial score (nSPS) is 10.8. The van der Waals surface area contributed by atoms with Crippen LogP contribution in [-0.4, -0.2) is 16.7 Å². The number of aromatic nitrogens is 1. The third kappa shape index (κ3) is 4.13. The molecule has 0 radical (unpaired) electrons. The fourth-order valence-corrected chi connectivity index (χ4v) is 2.57. The minimum absolute atomic E-state index is 0.0605. The highest BCUT2D eigenvalue weighted by Gasteiger charge is 2.11. The summed E-state index contributed by atoms with van der Waals surface area (Å²) in [5.74, 6) is -0.526. The van der Waals surface area contributed by atoms with Gasteiger partial charge in [-0.1, -0.05) is 54.6 Å². The van der Waals surface area contributed by atoms with Crippen molar-refractivity contribution in [2.45, 2.75) is 13.5 Å². The first-order chi connectivity index (χ1) is 12.6. The predicted octanol–water partition coefficient (Wildman–Crippen LogP) is 2.97. The Balaban J connectivity index is 1.75. The standard InChI is InChI=1S/C21H19N3O2/c1-16-8-5-6-11-18(16)14-22-23-20(25)19-12-7-13-24(21(19)26)15-17-9-3-2-4-10-17/h2-14H,15H2,1H3,(H,23,25)/b22-14-. The van der Waals surface area contributed by atoms with Gasteiger partial charge in [-0.15, -0.1) is 0 Å². The van der Waals surface area contributed by atoms with E-state index in [0.717, 1.165) is 16.7 Å². The third-order valence-corrected chi connectivity index (χ3v) is 4.02. The third-order valence-electron chi connectivity index (χ3n) is 4.02. The monoisotopic (exact) mass is 345 g/mol. The molecule has 1 heterocycles. The number of hydrogen-bond acceptors (Lipinski definition) is 3. The molecule has 0 spiro atoms. The summed E-state index contributed by atoms with van der Waals surface area (Å²) >= 11 is 0. The molecule has 0 aliphatic carbocycles. The minimum atomic E-state index is -0.526. The second kappa shape index (κ2) is 8.07. The second-order valence-corrected chi connectivity index (χ2v) is 5.90. The maximum atomic E-state index is 12.6. The van der Waals surface area contributed by atoms with Crippen molar-refractivity contribution < 1.29 is 4.79 Å². The van der Waals surface area contributed by atoms with E-state index in [1.54, 1.807) is 18.5 Å². The number of nitrogens with one attached hydrogen (secondary N) is 1. The molecule has 26 heavy (non-hydrogen) atoms. The number of nitrogens with zero attached hydrogens (tertiary/aromatic N) is 2. The van der Waals surface area contributed by atoms with Gasteiger partial charge in [-0.25, -0.2) is 5.43 Å². The van der Waals surface area contributed by atoms with Gasteiger partial charge in [-0.3, -0.25) is 9.59 Å². The highest BCUT2D eigenvalue weighted by atomic mass is 16.2. The van der Waals surface area contributed by atoms with Gasteiger partial charge in [0.1, 0.15) is 5.56 Å². The molecule has 0 bridgehead atoms. The lowest BCUT2D eigenvalue weighted by molar-refractivity contribution is 0.0953. The molecule has 5 nitrogen and oxygen atoms in total. The van der Waals surface area contributed by atoms with Crippen LogP contribution in [-0.2, 0) is 6.54 Å². The number of carbonyl (C=O) groups is 1. The molecule has 1 N–H and O–H groups in total. The summed E-state index contributed by atoms with van der Waals surface area (Å²) < 4.78 is 1.51. The van der Waals surface area contributed by atoms with Gasteiger partial charge in [0.25, 0.3) is 11.5 Å². The summed E-state index contributed by atoms with van der Waals surface area (Å²) in [6.07, 6.45) is 3.24. The molecule has 3 rings (SSSR count). The molecule has 5 heteroatoms. The Labute approximate surface area is 151 Å². The Kier molecular flexibility index (Phi) is 5.39. The first-order valence-electron chi connectivity index (χ1n) is 8.27. The largest absolute Gasteiger partial charge is 0.310 e. The number of benzene rings is 2. The molecule has 130 valence electrons. The van der Waals surface area contributed by atoms with Gasteiger partial charge in [0.15, 0.2) is 0 Å². The van der Waals surface area contributed by atoms with Crippen molar-refractivity contribution in [3.05, 3.63) is 106 Å². The fourth-order valence-electron chi connectivity index (χ4n) is 2.57. The number of hydrogen-bond donors (Lipinski definition) is 1. The van der Waals surface area contributed by atoms with Gasteiger partial charge < -0.3 is 4.57 Å². The highest BCUT2D eigenvalue weighted by Crippen LogP contribution is 2.04. The number of aryl methyl sites for hydroxylation is 1. The molecule has 0 saturated carbocycles. The first kappa shape index (κ1) is 17.4. The number of amides is 1. The van der Waals surface area contributed by atoms with Crippen LogP contribution in [0.25, 0.3) is 0 Å². The maximum absolute atomic E-state index is 12.6. The molecule has 1 amide bonds. The number of pyridine rings is 1. The van der Waals surface area contributed by atoms with Crippen LogP contribution < -0.4 is 11.0 Å². The molecular weight excluding hydrogens is 326 g/mol. The van der Waals surface area contributed by atoms with Crippen LogP contribution in [0.4, 0.5) is 0 Å². The van der Waals surface area contributed by atoms with Gasteiger partial charge in [0.2, 0.25) is 0 Å². The molecule has 0 atom stereocenters.